The summed E-state index contributed by atoms with van der Waals surface area (Å²) in [5, 5.41) is 9.21. The first kappa shape index (κ1) is 14.2. The zero-order chi connectivity index (χ0) is 14.2. The van der Waals surface area contributed by atoms with Crippen molar-refractivity contribution in [2.24, 2.45) is 5.92 Å². The van der Waals surface area contributed by atoms with E-state index in [1.807, 2.05) is 29.5 Å². The van der Waals surface area contributed by atoms with Crippen molar-refractivity contribution in [3.05, 3.63) is 33.1 Å². The second-order valence-electron chi connectivity index (χ2n) is 4.67. The van der Waals surface area contributed by atoms with Gasteiger partial charge in [-0.25, -0.2) is 9.18 Å². The topological polar surface area (TPSA) is 57.6 Å². The van der Waals surface area contributed by atoms with Gasteiger partial charge < -0.3 is 10.0 Å². The molecule has 0 aliphatic carbocycles. The van der Waals surface area contributed by atoms with Crippen LogP contribution in [0.5, 0.6) is 0 Å². The molecule has 6 heteroatoms. The van der Waals surface area contributed by atoms with E-state index in [9.17, 15) is 19.1 Å². The third-order valence-corrected chi connectivity index (χ3v) is 4.27. The van der Waals surface area contributed by atoms with Crippen LogP contribution in [0.25, 0.3) is 0 Å². The van der Waals surface area contributed by atoms with Gasteiger partial charge in [0.25, 0.3) is 5.91 Å². The van der Waals surface area contributed by atoms with Gasteiger partial charge in [-0.1, -0.05) is 6.92 Å². The van der Waals surface area contributed by atoms with Crippen molar-refractivity contribution in [2.75, 3.05) is 6.54 Å². The highest BCUT2D eigenvalue weighted by Gasteiger charge is 2.40. The maximum Gasteiger partial charge on any atom is 0.326 e. The number of likely N-dealkylation sites (tertiary alicyclic amines) is 1. The highest BCUT2D eigenvalue weighted by atomic mass is 127. The van der Waals surface area contributed by atoms with Gasteiger partial charge in [-0.15, -0.1) is 0 Å². The van der Waals surface area contributed by atoms with Crippen LogP contribution in [0.3, 0.4) is 0 Å². The van der Waals surface area contributed by atoms with Gasteiger partial charge in [-0.2, -0.15) is 0 Å². The molecule has 1 saturated heterocycles. The smallest absolute Gasteiger partial charge is 0.326 e. The van der Waals surface area contributed by atoms with E-state index in [-0.39, 0.29) is 11.8 Å². The third kappa shape index (κ3) is 2.72. The molecule has 0 radical (unpaired) electrons. The molecule has 0 aromatic heterocycles. The average molecular weight is 377 g/mol. The van der Waals surface area contributed by atoms with Crippen LogP contribution >= 0.6 is 22.6 Å². The molecular formula is C13H13FINO3. The lowest BCUT2D eigenvalue weighted by Crippen LogP contribution is -2.43. The molecule has 1 aliphatic rings. The predicted octanol–water partition coefficient (Wildman–Crippen LogP) is 2.37. The zero-order valence-corrected chi connectivity index (χ0v) is 12.4. The van der Waals surface area contributed by atoms with Gasteiger partial charge in [-0.05, 0) is 53.1 Å². The van der Waals surface area contributed by atoms with Crippen LogP contribution in [0.4, 0.5) is 4.39 Å². The highest BCUT2D eigenvalue weighted by molar-refractivity contribution is 14.1. The van der Waals surface area contributed by atoms with Gasteiger partial charge in [0.05, 0.1) is 5.56 Å². The molecule has 0 spiro atoms. The third-order valence-electron chi connectivity index (χ3n) is 3.38. The van der Waals surface area contributed by atoms with Crippen LogP contribution in [-0.4, -0.2) is 34.5 Å². The van der Waals surface area contributed by atoms with Crippen molar-refractivity contribution < 1.29 is 19.1 Å². The molecule has 19 heavy (non-hydrogen) atoms. The lowest BCUT2D eigenvalue weighted by Gasteiger charge is -2.23. The summed E-state index contributed by atoms with van der Waals surface area (Å²) < 4.78 is 13.5. The standard InChI is InChI=1S/C13H13FINO3/c1-7-4-5-16(11(7)13(18)19)12(17)9-3-2-8(14)6-10(9)15/h2-3,6-7,11H,4-5H2,1H3,(H,18,19). The number of carbonyl (C=O) groups is 2. The number of carboxylic acids is 1. The van der Waals surface area contributed by atoms with Crippen molar-refractivity contribution in [2.45, 2.75) is 19.4 Å². The van der Waals surface area contributed by atoms with E-state index in [2.05, 4.69) is 0 Å². The molecule has 1 heterocycles. The van der Waals surface area contributed by atoms with E-state index >= 15 is 0 Å². The summed E-state index contributed by atoms with van der Waals surface area (Å²) >= 11 is 1.88. The Hall–Kier alpha value is -1.18. The lowest BCUT2D eigenvalue weighted by atomic mass is 10.0. The van der Waals surface area contributed by atoms with Crippen molar-refractivity contribution >= 4 is 34.5 Å². The number of carbonyl (C=O) groups excluding carboxylic acids is 1. The molecule has 4 nitrogen and oxygen atoms in total. The maximum absolute atomic E-state index is 13.0. The molecule has 0 bridgehead atoms. The molecule has 1 aromatic carbocycles. The molecule has 1 aromatic rings. The normalized spacial score (nSPS) is 22.6. The molecule has 2 unspecified atom stereocenters. The maximum atomic E-state index is 13.0. The van der Waals surface area contributed by atoms with Crippen LogP contribution in [0, 0.1) is 15.3 Å². The number of hydrogen-bond acceptors (Lipinski definition) is 2. The van der Waals surface area contributed by atoms with E-state index in [0.717, 1.165) is 0 Å². The van der Waals surface area contributed by atoms with Gasteiger partial charge >= 0.3 is 5.97 Å². The van der Waals surface area contributed by atoms with Crippen LogP contribution in [0.2, 0.25) is 0 Å². The summed E-state index contributed by atoms with van der Waals surface area (Å²) in [6, 6.07) is 3.09. The molecule has 2 atom stereocenters. The molecule has 102 valence electrons. The summed E-state index contributed by atoms with van der Waals surface area (Å²) in [5.74, 6) is -1.82. The Morgan fingerprint density at radius 1 is 1.47 bits per heavy atom. The molecule has 1 amide bonds. The zero-order valence-electron chi connectivity index (χ0n) is 10.3. The van der Waals surface area contributed by atoms with Crippen molar-refractivity contribution in [3.63, 3.8) is 0 Å². The van der Waals surface area contributed by atoms with Crippen LogP contribution < -0.4 is 0 Å². The first-order chi connectivity index (χ1) is 8.91. The van der Waals surface area contributed by atoms with Crippen LogP contribution in [0.1, 0.15) is 23.7 Å². The molecular weight excluding hydrogens is 364 g/mol. The largest absolute Gasteiger partial charge is 0.480 e. The van der Waals surface area contributed by atoms with Gasteiger partial charge in [0, 0.05) is 10.1 Å². The molecule has 1 aliphatic heterocycles. The van der Waals surface area contributed by atoms with E-state index in [4.69, 9.17) is 0 Å². The second-order valence-corrected chi connectivity index (χ2v) is 5.83. The summed E-state index contributed by atoms with van der Waals surface area (Å²) in [4.78, 5) is 25.0. The average Bonchev–Trinajstić information content (AvgIpc) is 2.70. The first-order valence-corrected chi connectivity index (χ1v) is 6.98. The van der Waals surface area contributed by atoms with Gasteiger partial charge in [0.1, 0.15) is 11.9 Å². The minimum absolute atomic E-state index is 0.0699. The molecule has 1 N–H and O–H groups in total. The van der Waals surface area contributed by atoms with Crippen LogP contribution in [-0.2, 0) is 4.79 Å². The van der Waals surface area contributed by atoms with Gasteiger partial charge in [-0.3, -0.25) is 4.79 Å². The van der Waals surface area contributed by atoms with Crippen molar-refractivity contribution in [1.82, 2.24) is 4.90 Å². The number of benzene rings is 1. The minimum atomic E-state index is -0.990. The molecule has 2 rings (SSSR count). The number of rotatable bonds is 2. The predicted molar refractivity (Wildman–Crippen MR) is 75.4 cm³/mol. The highest BCUT2D eigenvalue weighted by Crippen LogP contribution is 2.27. The SMILES string of the molecule is CC1CCN(C(=O)c2ccc(F)cc2I)C1C(=O)O. The fourth-order valence-corrected chi connectivity index (χ4v) is 3.08. The molecule has 0 saturated carbocycles. The van der Waals surface area contributed by atoms with Gasteiger partial charge in [0.15, 0.2) is 0 Å². The van der Waals surface area contributed by atoms with E-state index in [0.29, 0.717) is 22.1 Å². The van der Waals surface area contributed by atoms with E-state index in [1.54, 1.807) is 0 Å². The Bertz CT molecular complexity index is 535. The Labute approximate surface area is 123 Å². The Balaban J connectivity index is 2.31. The summed E-state index contributed by atoms with van der Waals surface area (Å²) in [5.41, 5.74) is 0.349. The van der Waals surface area contributed by atoms with Crippen molar-refractivity contribution in [1.29, 1.82) is 0 Å². The number of nitrogens with zero attached hydrogens (tertiary/aromatic N) is 1. The first-order valence-electron chi connectivity index (χ1n) is 5.90. The fourth-order valence-electron chi connectivity index (χ4n) is 2.37. The number of hydrogen-bond donors (Lipinski definition) is 1. The Morgan fingerprint density at radius 2 is 2.16 bits per heavy atom. The number of carboxylic acid groups (broad SMARTS) is 1. The lowest BCUT2D eigenvalue weighted by molar-refractivity contribution is -0.142. The Morgan fingerprint density at radius 3 is 2.74 bits per heavy atom. The number of amides is 1. The monoisotopic (exact) mass is 377 g/mol. The van der Waals surface area contributed by atoms with E-state index < -0.39 is 17.8 Å². The summed E-state index contributed by atoms with van der Waals surface area (Å²) in [6.07, 6.45) is 0.667. The number of halogens is 2. The molecule has 1 fully saturated rings. The number of aliphatic carboxylic acids is 1. The quantitative estimate of drug-likeness (QED) is 0.806. The minimum Gasteiger partial charge on any atom is -0.480 e. The van der Waals surface area contributed by atoms with E-state index in [1.165, 1.54) is 23.1 Å². The fraction of sp³-hybridized carbons (Fsp3) is 0.385. The van der Waals surface area contributed by atoms with Crippen molar-refractivity contribution in [3.8, 4) is 0 Å². The second kappa shape index (κ2) is 5.44. The van der Waals surface area contributed by atoms with Gasteiger partial charge in [0.2, 0.25) is 0 Å². The summed E-state index contributed by atoms with van der Waals surface area (Å²) in [7, 11) is 0. The summed E-state index contributed by atoms with van der Waals surface area (Å²) in [6.45, 7) is 2.24. The Kier molecular flexibility index (Phi) is 4.07. The van der Waals surface area contributed by atoms with Crippen LogP contribution in [0.15, 0.2) is 18.2 Å².